The summed E-state index contributed by atoms with van der Waals surface area (Å²) in [5.74, 6) is 0.654. The van der Waals surface area contributed by atoms with E-state index in [1.54, 1.807) is 30.3 Å². The van der Waals surface area contributed by atoms with Crippen molar-refractivity contribution in [3.05, 3.63) is 78.9 Å². The minimum atomic E-state index is 0.206. The summed E-state index contributed by atoms with van der Waals surface area (Å²) in [5.41, 5.74) is 3.87. The molecule has 0 amide bonds. The Morgan fingerprint density at radius 2 is 1.08 bits per heavy atom. The quantitative estimate of drug-likeness (QED) is 0.468. The summed E-state index contributed by atoms with van der Waals surface area (Å²) >= 11 is 0. The van der Waals surface area contributed by atoms with E-state index in [1.165, 1.54) is 0 Å². The van der Waals surface area contributed by atoms with E-state index in [0.717, 1.165) is 33.0 Å². The lowest BCUT2D eigenvalue weighted by molar-refractivity contribution is 0.475. The van der Waals surface area contributed by atoms with E-state index in [-0.39, 0.29) is 17.2 Å². The monoisotopic (exact) mass is 328 g/mol. The molecule has 3 N–H and O–H groups in total. The Bertz CT molecular complexity index is 1050. The topological polar surface area (TPSA) is 60.7 Å². The van der Waals surface area contributed by atoms with Crippen molar-refractivity contribution < 1.29 is 15.3 Å². The van der Waals surface area contributed by atoms with Crippen LogP contribution in [0.4, 0.5) is 0 Å². The summed E-state index contributed by atoms with van der Waals surface area (Å²) in [6.07, 6.45) is 0. The van der Waals surface area contributed by atoms with Crippen molar-refractivity contribution in [3.63, 3.8) is 0 Å². The van der Waals surface area contributed by atoms with E-state index in [4.69, 9.17) is 0 Å². The van der Waals surface area contributed by atoms with Crippen molar-refractivity contribution in [1.82, 2.24) is 0 Å². The maximum Gasteiger partial charge on any atom is 0.123 e. The molecule has 0 heterocycles. The second-order valence-corrected chi connectivity index (χ2v) is 5.95. The van der Waals surface area contributed by atoms with Crippen LogP contribution in [0.5, 0.6) is 17.2 Å². The first-order valence-electron chi connectivity index (χ1n) is 7.97. The first-order chi connectivity index (χ1) is 12.1. The lowest BCUT2D eigenvalue weighted by Crippen LogP contribution is -1.88. The largest absolute Gasteiger partial charge is 0.508 e. The maximum atomic E-state index is 10.2. The molecule has 4 aromatic rings. The van der Waals surface area contributed by atoms with Crippen molar-refractivity contribution in [3.8, 4) is 39.5 Å². The molecule has 25 heavy (non-hydrogen) atoms. The molecule has 4 aromatic carbocycles. The van der Waals surface area contributed by atoms with Crippen LogP contribution in [0.25, 0.3) is 33.0 Å². The van der Waals surface area contributed by atoms with Crippen LogP contribution in [0.15, 0.2) is 78.9 Å². The van der Waals surface area contributed by atoms with E-state index in [2.05, 4.69) is 0 Å². The Morgan fingerprint density at radius 3 is 1.72 bits per heavy atom. The first kappa shape index (κ1) is 15.1. The summed E-state index contributed by atoms with van der Waals surface area (Å²) < 4.78 is 0. The number of aromatic hydroxyl groups is 3. The molecule has 0 aliphatic heterocycles. The SMILES string of the molecule is Oc1ccc(-c2ccc3c(O)cccc3c2-c2ccc(O)cc2)cc1. The van der Waals surface area contributed by atoms with Crippen molar-refractivity contribution in [2.24, 2.45) is 0 Å². The summed E-state index contributed by atoms with van der Waals surface area (Å²) in [5, 5.41) is 31.1. The fourth-order valence-electron chi connectivity index (χ4n) is 3.16. The number of fused-ring (bicyclic) bond motifs is 1. The molecule has 0 radical (unpaired) electrons. The highest BCUT2D eigenvalue weighted by atomic mass is 16.3. The minimum Gasteiger partial charge on any atom is -0.508 e. The van der Waals surface area contributed by atoms with E-state index in [0.29, 0.717) is 0 Å². The standard InChI is InChI=1S/C22H16O3/c23-16-8-4-14(5-9-16)18-12-13-19-20(2-1-3-21(19)25)22(18)15-6-10-17(24)11-7-15/h1-13,23-25H. The van der Waals surface area contributed by atoms with Gasteiger partial charge in [0.05, 0.1) is 0 Å². The van der Waals surface area contributed by atoms with Gasteiger partial charge in [0, 0.05) is 5.39 Å². The fourth-order valence-corrected chi connectivity index (χ4v) is 3.16. The maximum absolute atomic E-state index is 10.2. The van der Waals surface area contributed by atoms with Gasteiger partial charge in [0.1, 0.15) is 17.2 Å². The summed E-state index contributed by atoms with van der Waals surface area (Å²) in [6.45, 7) is 0. The van der Waals surface area contributed by atoms with Crippen LogP contribution in [0.3, 0.4) is 0 Å². The van der Waals surface area contributed by atoms with Gasteiger partial charge in [-0.15, -0.1) is 0 Å². The van der Waals surface area contributed by atoms with E-state index >= 15 is 0 Å². The molecule has 0 aliphatic carbocycles. The Labute approximate surface area is 145 Å². The van der Waals surface area contributed by atoms with Crippen molar-refractivity contribution in [1.29, 1.82) is 0 Å². The Hall–Kier alpha value is -3.46. The van der Waals surface area contributed by atoms with Crippen LogP contribution in [0, 0.1) is 0 Å². The number of hydrogen-bond donors (Lipinski definition) is 3. The molecular formula is C22H16O3. The Kier molecular flexibility index (Phi) is 3.55. The van der Waals surface area contributed by atoms with Crippen LogP contribution in [-0.2, 0) is 0 Å². The number of phenolic OH excluding ortho intramolecular Hbond substituents is 3. The van der Waals surface area contributed by atoms with Crippen molar-refractivity contribution in [2.45, 2.75) is 0 Å². The average Bonchev–Trinajstić information content (AvgIpc) is 2.63. The van der Waals surface area contributed by atoms with E-state index in [1.807, 2.05) is 48.5 Å². The molecule has 3 heteroatoms. The van der Waals surface area contributed by atoms with Crippen LogP contribution in [0.1, 0.15) is 0 Å². The molecule has 122 valence electrons. The number of rotatable bonds is 2. The predicted molar refractivity (Wildman–Crippen MR) is 99.8 cm³/mol. The van der Waals surface area contributed by atoms with E-state index < -0.39 is 0 Å². The molecule has 0 fully saturated rings. The molecule has 0 spiro atoms. The summed E-state index contributed by atoms with van der Waals surface area (Å²) in [7, 11) is 0. The lowest BCUT2D eigenvalue weighted by Gasteiger charge is -2.15. The second kappa shape index (κ2) is 5.87. The third kappa shape index (κ3) is 2.66. The average molecular weight is 328 g/mol. The van der Waals surface area contributed by atoms with Crippen LogP contribution < -0.4 is 0 Å². The predicted octanol–water partition coefficient (Wildman–Crippen LogP) is 5.29. The minimum absolute atomic E-state index is 0.206. The molecule has 0 saturated heterocycles. The van der Waals surface area contributed by atoms with Gasteiger partial charge in [-0.25, -0.2) is 0 Å². The van der Waals surface area contributed by atoms with Gasteiger partial charge in [0.15, 0.2) is 0 Å². The normalized spacial score (nSPS) is 10.9. The van der Waals surface area contributed by atoms with Gasteiger partial charge >= 0.3 is 0 Å². The van der Waals surface area contributed by atoms with Crippen molar-refractivity contribution >= 4 is 10.8 Å². The van der Waals surface area contributed by atoms with Crippen LogP contribution >= 0.6 is 0 Å². The molecule has 3 nitrogen and oxygen atoms in total. The third-order valence-corrected chi connectivity index (χ3v) is 4.37. The zero-order valence-corrected chi connectivity index (χ0v) is 13.3. The number of phenols is 3. The van der Waals surface area contributed by atoms with Crippen LogP contribution in [-0.4, -0.2) is 15.3 Å². The van der Waals surface area contributed by atoms with Gasteiger partial charge in [0.2, 0.25) is 0 Å². The number of hydrogen-bond acceptors (Lipinski definition) is 3. The molecule has 0 saturated carbocycles. The van der Waals surface area contributed by atoms with Gasteiger partial charge in [-0.3, -0.25) is 0 Å². The van der Waals surface area contributed by atoms with Gasteiger partial charge in [-0.2, -0.15) is 0 Å². The Morgan fingerprint density at radius 1 is 0.480 bits per heavy atom. The third-order valence-electron chi connectivity index (χ3n) is 4.37. The first-order valence-corrected chi connectivity index (χ1v) is 7.97. The van der Waals surface area contributed by atoms with Gasteiger partial charge in [-0.05, 0) is 58.0 Å². The second-order valence-electron chi connectivity index (χ2n) is 5.95. The Balaban J connectivity index is 2.07. The van der Waals surface area contributed by atoms with Gasteiger partial charge in [-0.1, -0.05) is 48.5 Å². The summed E-state index contributed by atoms with van der Waals surface area (Å²) in [6, 6.07) is 23.4. The lowest BCUT2D eigenvalue weighted by atomic mass is 9.89. The van der Waals surface area contributed by atoms with Crippen LogP contribution in [0.2, 0.25) is 0 Å². The molecule has 0 aromatic heterocycles. The zero-order valence-electron chi connectivity index (χ0n) is 13.3. The molecule has 0 atom stereocenters. The molecule has 0 bridgehead atoms. The zero-order chi connectivity index (χ0) is 17.4. The van der Waals surface area contributed by atoms with Gasteiger partial charge < -0.3 is 15.3 Å². The van der Waals surface area contributed by atoms with E-state index in [9.17, 15) is 15.3 Å². The van der Waals surface area contributed by atoms with Gasteiger partial charge in [0.25, 0.3) is 0 Å². The smallest absolute Gasteiger partial charge is 0.123 e. The highest BCUT2D eigenvalue weighted by Gasteiger charge is 2.13. The highest BCUT2D eigenvalue weighted by molar-refractivity contribution is 6.06. The molecule has 0 aliphatic rings. The molecule has 0 unspecified atom stereocenters. The molecular weight excluding hydrogens is 312 g/mol. The molecule has 4 rings (SSSR count). The fraction of sp³-hybridized carbons (Fsp3) is 0. The highest BCUT2D eigenvalue weighted by Crippen LogP contribution is 2.41. The number of benzene rings is 4. The van der Waals surface area contributed by atoms with Crippen molar-refractivity contribution in [2.75, 3.05) is 0 Å². The summed E-state index contributed by atoms with van der Waals surface area (Å²) in [4.78, 5) is 0.